The molecule has 4 rings (SSSR count). The van der Waals surface area contributed by atoms with Crippen molar-refractivity contribution in [1.82, 2.24) is 9.97 Å². The third kappa shape index (κ3) is 4.91. The molecule has 0 saturated carbocycles. The molecule has 2 heterocycles. The fourth-order valence-corrected chi connectivity index (χ4v) is 4.87. The summed E-state index contributed by atoms with van der Waals surface area (Å²) in [5.74, 6) is -1.04. The number of rotatable bonds is 5. The molecule has 0 bridgehead atoms. The van der Waals surface area contributed by atoms with E-state index in [1.165, 1.54) is 24.3 Å². The molecule has 0 amide bonds. The second kappa shape index (κ2) is 9.37. The Balaban J connectivity index is 1.84. The van der Waals surface area contributed by atoms with E-state index < -0.39 is 24.8 Å². The monoisotopic (exact) mass is 510 g/mol. The molecule has 35 heavy (non-hydrogen) atoms. The molecule has 0 aliphatic rings. The Morgan fingerprint density at radius 2 is 1.74 bits per heavy atom. The Labute approximate surface area is 207 Å². The van der Waals surface area contributed by atoms with Gasteiger partial charge in [-0.1, -0.05) is 35.9 Å². The molecule has 178 valence electrons. The van der Waals surface area contributed by atoms with E-state index in [-0.39, 0.29) is 21.8 Å². The summed E-state index contributed by atoms with van der Waals surface area (Å²) in [5.41, 5.74) is 2.65. The van der Waals surface area contributed by atoms with E-state index in [0.717, 1.165) is 0 Å². The number of aromatic nitrogens is 2. The quantitative estimate of drug-likeness (QED) is 0.298. The first-order chi connectivity index (χ1) is 16.5. The predicted molar refractivity (Wildman–Crippen MR) is 137 cm³/mol. The summed E-state index contributed by atoms with van der Waals surface area (Å²) in [5, 5.41) is 13.3. The van der Waals surface area contributed by atoms with Crippen molar-refractivity contribution in [3.05, 3.63) is 82.0 Å². The zero-order valence-electron chi connectivity index (χ0n) is 19.5. The lowest BCUT2D eigenvalue weighted by molar-refractivity contribution is 0.588. The largest absolute Gasteiger partial charge is 0.375 e. The van der Waals surface area contributed by atoms with Gasteiger partial charge in [-0.05, 0) is 45.4 Å². The maximum atomic E-state index is 15.1. The molecule has 0 unspecified atom stereocenters. The minimum atomic E-state index is -2.46. The second-order valence-electron chi connectivity index (χ2n) is 8.68. The maximum Gasteiger partial charge on any atom is 0.151 e. The van der Waals surface area contributed by atoms with Crippen molar-refractivity contribution in [2.24, 2.45) is 0 Å². The molecule has 0 aliphatic heterocycles. The summed E-state index contributed by atoms with van der Waals surface area (Å²) in [7, 11) is -2.46. The molecule has 0 saturated heterocycles. The average molecular weight is 511 g/mol. The molecule has 1 atom stereocenters. The van der Waals surface area contributed by atoms with Gasteiger partial charge in [0.05, 0.1) is 39.6 Å². The standard InChI is InChI=1S/C26H22ClF2N4OP/c1-14(19-11-16(13-30)5-10-20(19)28)32-26-23(27)15(2)31-22-12-21(29)24(33-25(22)26)17-6-8-18(9-7-17)35(3,4)34/h5-12,14H,1-4H3,(H,31,32)/t14-/m1/s1. The Bertz CT molecular complexity index is 1540. The number of hydrogen-bond acceptors (Lipinski definition) is 5. The zero-order valence-corrected chi connectivity index (χ0v) is 21.2. The van der Waals surface area contributed by atoms with Crippen molar-refractivity contribution in [2.45, 2.75) is 19.9 Å². The highest BCUT2D eigenvalue weighted by molar-refractivity contribution is 7.70. The summed E-state index contributed by atoms with van der Waals surface area (Å²) in [6.07, 6.45) is 0. The molecule has 4 aromatic rings. The van der Waals surface area contributed by atoms with E-state index in [2.05, 4.69) is 15.3 Å². The van der Waals surface area contributed by atoms with E-state index >= 15 is 4.39 Å². The van der Waals surface area contributed by atoms with Crippen molar-refractivity contribution in [3.8, 4) is 17.3 Å². The third-order valence-corrected chi connectivity index (χ3v) is 7.74. The average Bonchev–Trinajstić information content (AvgIpc) is 2.81. The number of nitriles is 1. The first-order valence-electron chi connectivity index (χ1n) is 10.8. The van der Waals surface area contributed by atoms with Crippen LogP contribution in [0.3, 0.4) is 0 Å². The highest BCUT2D eigenvalue weighted by Gasteiger charge is 2.21. The number of nitrogens with zero attached hydrogens (tertiary/aromatic N) is 3. The molecular weight excluding hydrogens is 489 g/mol. The van der Waals surface area contributed by atoms with Crippen LogP contribution < -0.4 is 10.6 Å². The van der Waals surface area contributed by atoms with Crippen LogP contribution in [0.2, 0.25) is 5.02 Å². The fourth-order valence-electron chi connectivity index (χ4n) is 3.81. The molecule has 0 radical (unpaired) electrons. The Morgan fingerprint density at radius 1 is 1.06 bits per heavy atom. The van der Waals surface area contributed by atoms with Gasteiger partial charge >= 0.3 is 0 Å². The van der Waals surface area contributed by atoms with Crippen molar-refractivity contribution in [1.29, 1.82) is 5.26 Å². The molecule has 0 spiro atoms. The predicted octanol–water partition coefficient (Wildman–Crippen LogP) is 6.83. The van der Waals surface area contributed by atoms with Gasteiger partial charge in [0.25, 0.3) is 0 Å². The number of aryl methyl sites for hydroxylation is 1. The van der Waals surface area contributed by atoms with Crippen LogP contribution in [0.15, 0.2) is 48.5 Å². The topological polar surface area (TPSA) is 78.7 Å². The molecule has 1 N–H and O–H groups in total. The first kappa shape index (κ1) is 24.8. The van der Waals surface area contributed by atoms with Gasteiger partial charge in [-0.3, -0.25) is 0 Å². The summed E-state index contributed by atoms with van der Waals surface area (Å²) in [6, 6.07) is 13.6. The van der Waals surface area contributed by atoms with Crippen LogP contribution >= 0.6 is 18.7 Å². The molecule has 5 nitrogen and oxygen atoms in total. The molecule has 0 aliphatic carbocycles. The van der Waals surface area contributed by atoms with Gasteiger partial charge in [0.2, 0.25) is 0 Å². The SMILES string of the molecule is Cc1nc2cc(F)c(-c3ccc(P(C)(C)=O)cc3)nc2c(N[C@H](C)c2cc(C#N)ccc2F)c1Cl. The first-order valence-corrected chi connectivity index (χ1v) is 13.8. The van der Waals surface area contributed by atoms with Crippen LogP contribution in [0.5, 0.6) is 0 Å². The Morgan fingerprint density at radius 3 is 2.37 bits per heavy atom. The van der Waals surface area contributed by atoms with Gasteiger partial charge in [-0.2, -0.15) is 5.26 Å². The minimum Gasteiger partial charge on any atom is -0.375 e. The van der Waals surface area contributed by atoms with Crippen molar-refractivity contribution in [2.75, 3.05) is 18.6 Å². The Hall–Kier alpha value is -3.33. The molecule has 9 heteroatoms. The number of anilines is 1. The van der Waals surface area contributed by atoms with Gasteiger partial charge < -0.3 is 9.88 Å². The number of benzene rings is 2. The van der Waals surface area contributed by atoms with Crippen LogP contribution in [0.1, 0.15) is 29.8 Å². The smallest absolute Gasteiger partial charge is 0.151 e. The molecule has 0 fully saturated rings. The summed E-state index contributed by atoms with van der Waals surface area (Å²) in [6.45, 7) is 6.75. The highest BCUT2D eigenvalue weighted by atomic mass is 35.5. The molecule has 2 aromatic carbocycles. The lowest BCUT2D eigenvalue weighted by Crippen LogP contribution is -2.11. The van der Waals surface area contributed by atoms with Crippen LogP contribution in [-0.4, -0.2) is 23.3 Å². The third-order valence-electron chi connectivity index (χ3n) is 5.73. The van der Waals surface area contributed by atoms with Crippen LogP contribution in [0.4, 0.5) is 14.5 Å². The van der Waals surface area contributed by atoms with Crippen molar-refractivity contribution in [3.63, 3.8) is 0 Å². The normalized spacial score (nSPS) is 12.4. The van der Waals surface area contributed by atoms with E-state index in [1.54, 1.807) is 51.4 Å². The van der Waals surface area contributed by atoms with Gasteiger partial charge in [-0.15, -0.1) is 0 Å². The van der Waals surface area contributed by atoms with Gasteiger partial charge in [0.1, 0.15) is 24.2 Å². The number of hydrogen-bond donors (Lipinski definition) is 1. The van der Waals surface area contributed by atoms with Crippen molar-refractivity contribution >= 4 is 40.8 Å². The fraction of sp³-hybridized carbons (Fsp3) is 0.192. The van der Waals surface area contributed by atoms with E-state index in [4.69, 9.17) is 11.6 Å². The van der Waals surface area contributed by atoms with Crippen LogP contribution in [0, 0.1) is 29.9 Å². The van der Waals surface area contributed by atoms with Gasteiger partial charge in [0.15, 0.2) is 5.82 Å². The lowest BCUT2D eigenvalue weighted by atomic mass is 10.0. The molecule has 2 aromatic heterocycles. The van der Waals surface area contributed by atoms with Crippen molar-refractivity contribution < 1.29 is 13.3 Å². The van der Waals surface area contributed by atoms with Crippen LogP contribution in [0.25, 0.3) is 22.3 Å². The number of nitrogens with one attached hydrogen (secondary N) is 1. The number of fused-ring (bicyclic) bond motifs is 1. The maximum absolute atomic E-state index is 15.1. The van der Waals surface area contributed by atoms with E-state index in [9.17, 15) is 14.2 Å². The van der Waals surface area contributed by atoms with Gasteiger partial charge in [0, 0.05) is 22.5 Å². The summed E-state index contributed by atoms with van der Waals surface area (Å²) >= 11 is 6.58. The number of pyridine rings is 2. The summed E-state index contributed by atoms with van der Waals surface area (Å²) in [4.78, 5) is 8.92. The highest BCUT2D eigenvalue weighted by Crippen LogP contribution is 2.38. The molecular formula is C26H22ClF2N4OP. The second-order valence-corrected chi connectivity index (χ2v) is 12.3. The Kier molecular flexibility index (Phi) is 6.64. The van der Waals surface area contributed by atoms with E-state index in [1.807, 2.05) is 6.07 Å². The van der Waals surface area contributed by atoms with Crippen LogP contribution in [-0.2, 0) is 4.57 Å². The lowest BCUT2D eigenvalue weighted by Gasteiger charge is -2.20. The summed E-state index contributed by atoms with van der Waals surface area (Å²) < 4.78 is 41.9. The zero-order chi connectivity index (χ0) is 25.5. The van der Waals surface area contributed by atoms with Gasteiger partial charge in [-0.25, -0.2) is 18.7 Å². The van der Waals surface area contributed by atoms with E-state index in [0.29, 0.717) is 33.3 Å². The minimum absolute atomic E-state index is 0.0844. The number of halogens is 3.